The molecule has 3 rings (SSSR count). The van der Waals surface area contributed by atoms with Gasteiger partial charge in [0.15, 0.2) is 0 Å². The quantitative estimate of drug-likeness (QED) is 0.681. The maximum Gasteiger partial charge on any atom is 0.228 e. The molecule has 0 unspecified atom stereocenters. The van der Waals surface area contributed by atoms with E-state index in [2.05, 4.69) is 16.3 Å². The smallest absolute Gasteiger partial charge is 0.228 e. The van der Waals surface area contributed by atoms with Crippen molar-refractivity contribution in [3.8, 4) is 0 Å². The summed E-state index contributed by atoms with van der Waals surface area (Å²) in [6, 6.07) is 13.7. The minimum Gasteiger partial charge on any atom is -0.337 e. The van der Waals surface area contributed by atoms with Gasteiger partial charge in [-0.15, -0.1) is 0 Å². The van der Waals surface area contributed by atoms with Gasteiger partial charge in [0.25, 0.3) is 0 Å². The monoisotopic (exact) mass is 413 g/mol. The number of benzene rings is 2. The number of nitrogens with one attached hydrogen (secondary N) is 1. The van der Waals surface area contributed by atoms with Gasteiger partial charge in [-0.3, -0.25) is 9.59 Å². The maximum atomic E-state index is 12.9. The third-order valence-electron chi connectivity index (χ3n) is 5.11. The van der Waals surface area contributed by atoms with Crippen molar-refractivity contribution in [2.45, 2.75) is 32.2 Å². The normalized spacial score (nSPS) is 12.8. The third-order valence-corrected chi connectivity index (χ3v) is 5.36. The fourth-order valence-electron chi connectivity index (χ4n) is 3.46. The molecule has 1 aliphatic rings. The molecule has 0 aliphatic carbocycles. The second-order valence-corrected chi connectivity index (χ2v) is 8.25. The molecular formula is C23H28ClN3O2. The lowest BCUT2D eigenvalue weighted by Gasteiger charge is -2.25. The van der Waals surface area contributed by atoms with Crippen molar-refractivity contribution in [3.05, 3.63) is 64.2 Å². The van der Waals surface area contributed by atoms with Crippen molar-refractivity contribution in [2.75, 3.05) is 32.5 Å². The van der Waals surface area contributed by atoms with Crippen LogP contribution in [0.1, 0.15) is 29.5 Å². The van der Waals surface area contributed by atoms with Gasteiger partial charge in [0.2, 0.25) is 11.8 Å². The van der Waals surface area contributed by atoms with E-state index in [0.29, 0.717) is 31.0 Å². The summed E-state index contributed by atoms with van der Waals surface area (Å²) in [5, 5.41) is 3.55. The number of aryl methyl sites for hydroxylation is 1. The molecule has 2 amide bonds. The summed E-state index contributed by atoms with van der Waals surface area (Å²) in [4.78, 5) is 28.4. The van der Waals surface area contributed by atoms with Crippen LogP contribution >= 0.6 is 11.6 Å². The number of hydrogen-bond acceptors (Lipinski definition) is 3. The highest BCUT2D eigenvalue weighted by atomic mass is 35.5. The number of carbonyl (C=O) groups is 2. The zero-order valence-corrected chi connectivity index (χ0v) is 17.8. The minimum absolute atomic E-state index is 0.0473. The first-order chi connectivity index (χ1) is 13.9. The van der Waals surface area contributed by atoms with Crippen LogP contribution in [-0.4, -0.2) is 48.8 Å². The fourth-order valence-corrected chi connectivity index (χ4v) is 3.59. The maximum absolute atomic E-state index is 12.9. The molecule has 0 radical (unpaired) electrons. The Morgan fingerprint density at radius 3 is 2.52 bits per heavy atom. The van der Waals surface area contributed by atoms with Crippen LogP contribution in [0.3, 0.4) is 0 Å². The third kappa shape index (κ3) is 6.31. The summed E-state index contributed by atoms with van der Waals surface area (Å²) in [5.41, 5.74) is 4.21. The van der Waals surface area contributed by atoms with Gasteiger partial charge in [-0.1, -0.05) is 35.9 Å². The summed E-state index contributed by atoms with van der Waals surface area (Å²) < 4.78 is 0. The van der Waals surface area contributed by atoms with Crippen LogP contribution in [0, 0.1) is 0 Å². The second-order valence-electron chi connectivity index (χ2n) is 7.82. The SMILES string of the molecule is CN(C)CCN(Cc1ccc(Cl)cc1)C(=O)CCCc1ccc2c(c1)CC(=O)N2. The molecule has 1 heterocycles. The van der Waals surface area contributed by atoms with E-state index in [0.717, 1.165) is 36.2 Å². The zero-order chi connectivity index (χ0) is 20.8. The van der Waals surface area contributed by atoms with Crippen molar-refractivity contribution in [2.24, 2.45) is 0 Å². The molecule has 0 saturated heterocycles. The van der Waals surface area contributed by atoms with Crippen LogP contribution in [0.2, 0.25) is 5.02 Å². The van der Waals surface area contributed by atoms with Crippen LogP contribution in [0.25, 0.3) is 0 Å². The first kappa shape index (κ1) is 21.3. The second kappa shape index (κ2) is 9.90. The summed E-state index contributed by atoms with van der Waals surface area (Å²) in [6.45, 7) is 2.11. The molecule has 5 nitrogen and oxygen atoms in total. The molecule has 0 aromatic heterocycles. The summed E-state index contributed by atoms with van der Waals surface area (Å²) >= 11 is 5.97. The van der Waals surface area contributed by atoms with Crippen molar-refractivity contribution >= 4 is 29.1 Å². The van der Waals surface area contributed by atoms with Crippen molar-refractivity contribution in [1.29, 1.82) is 0 Å². The lowest BCUT2D eigenvalue weighted by molar-refractivity contribution is -0.132. The largest absolute Gasteiger partial charge is 0.337 e. The van der Waals surface area contributed by atoms with Crippen LogP contribution in [0.4, 0.5) is 5.69 Å². The van der Waals surface area contributed by atoms with E-state index in [9.17, 15) is 9.59 Å². The Morgan fingerprint density at radius 2 is 1.79 bits per heavy atom. The van der Waals surface area contributed by atoms with Crippen molar-refractivity contribution in [3.63, 3.8) is 0 Å². The number of anilines is 1. The molecule has 29 heavy (non-hydrogen) atoms. The summed E-state index contributed by atoms with van der Waals surface area (Å²) in [6.07, 6.45) is 2.57. The summed E-state index contributed by atoms with van der Waals surface area (Å²) in [7, 11) is 4.02. The van der Waals surface area contributed by atoms with Gasteiger partial charge in [-0.25, -0.2) is 0 Å². The fraction of sp³-hybridized carbons (Fsp3) is 0.391. The van der Waals surface area contributed by atoms with E-state index in [4.69, 9.17) is 11.6 Å². The number of nitrogens with zero attached hydrogens (tertiary/aromatic N) is 2. The highest BCUT2D eigenvalue weighted by molar-refractivity contribution is 6.30. The van der Waals surface area contributed by atoms with Crippen molar-refractivity contribution < 1.29 is 9.59 Å². The van der Waals surface area contributed by atoms with E-state index >= 15 is 0 Å². The Kier molecular flexibility index (Phi) is 7.29. The number of rotatable bonds is 9. The molecule has 154 valence electrons. The topological polar surface area (TPSA) is 52.7 Å². The molecule has 0 bridgehead atoms. The standard InChI is InChI=1S/C23H28ClN3O2/c1-26(2)12-13-27(16-18-6-9-20(24)10-7-18)23(29)5-3-4-17-8-11-21-19(14-17)15-22(28)25-21/h6-11,14H,3-5,12-13,15-16H2,1-2H3,(H,25,28). The van der Waals surface area contributed by atoms with Gasteiger partial charge in [-0.05, 0) is 61.8 Å². The van der Waals surface area contributed by atoms with Crippen LogP contribution in [-0.2, 0) is 29.0 Å². The number of fused-ring (bicyclic) bond motifs is 1. The van der Waals surface area contributed by atoms with E-state index in [1.807, 2.05) is 55.4 Å². The molecule has 0 atom stereocenters. The molecule has 1 aliphatic heterocycles. The lowest BCUT2D eigenvalue weighted by atomic mass is 10.0. The molecule has 0 spiro atoms. The summed E-state index contributed by atoms with van der Waals surface area (Å²) in [5.74, 6) is 0.214. The van der Waals surface area contributed by atoms with Gasteiger partial charge < -0.3 is 15.1 Å². The first-order valence-electron chi connectivity index (χ1n) is 9.99. The average molecular weight is 414 g/mol. The molecule has 0 saturated carbocycles. The van der Waals surface area contributed by atoms with E-state index in [1.165, 1.54) is 5.56 Å². The van der Waals surface area contributed by atoms with Gasteiger partial charge in [0.1, 0.15) is 0 Å². The Hall–Kier alpha value is -2.37. The van der Waals surface area contributed by atoms with Gasteiger partial charge in [0.05, 0.1) is 6.42 Å². The molecule has 1 N–H and O–H groups in total. The number of likely N-dealkylation sites (N-methyl/N-ethyl adjacent to an activating group) is 1. The first-order valence-corrected chi connectivity index (χ1v) is 10.4. The van der Waals surface area contributed by atoms with Crippen LogP contribution < -0.4 is 5.32 Å². The Labute approximate surface area is 177 Å². The number of halogens is 1. The Bertz CT molecular complexity index is 865. The average Bonchev–Trinajstić information content (AvgIpc) is 3.05. The lowest BCUT2D eigenvalue weighted by Crippen LogP contribution is -2.36. The van der Waals surface area contributed by atoms with Gasteiger partial charge in [0, 0.05) is 36.8 Å². The van der Waals surface area contributed by atoms with E-state index < -0.39 is 0 Å². The molecule has 2 aromatic rings. The predicted octanol–water partition coefficient (Wildman–Crippen LogP) is 3.75. The molecule has 6 heteroatoms. The van der Waals surface area contributed by atoms with Crippen molar-refractivity contribution in [1.82, 2.24) is 9.80 Å². The van der Waals surface area contributed by atoms with Crippen LogP contribution in [0.15, 0.2) is 42.5 Å². The Balaban J connectivity index is 1.55. The molecular weight excluding hydrogens is 386 g/mol. The van der Waals surface area contributed by atoms with Gasteiger partial charge in [-0.2, -0.15) is 0 Å². The Morgan fingerprint density at radius 1 is 1.07 bits per heavy atom. The molecule has 2 aromatic carbocycles. The number of hydrogen-bond donors (Lipinski definition) is 1. The zero-order valence-electron chi connectivity index (χ0n) is 17.1. The highest BCUT2D eigenvalue weighted by Gasteiger charge is 2.18. The molecule has 0 fully saturated rings. The number of carbonyl (C=O) groups excluding carboxylic acids is 2. The van der Waals surface area contributed by atoms with E-state index in [1.54, 1.807) is 0 Å². The highest BCUT2D eigenvalue weighted by Crippen LogP contribution is 2.24. The minimum atomic E-state index is 0.0473. The van der Waals surface area contributed by atoms with Gasteiger partial charge >= 0.3 is 0 Å². The predicted molar refractivity (Wildman–Crippen MR) is 117 cm³/mol. The number of amides is 2. The van der Waals surface area contributed by atoms with E-state index in [-0.39, 0.29) is 11.8 Å². The van der Waals surface area contributed by atoms with Crippen LogP contribution in [0.5, 0.6) is 0 Å².